The van der Waals surface area contributed by atoms with Crippen molar-refractivity contribution in [2.75, 3.05) is 9.96 Å². The molecule has 0 aromatic heterocycles. The molecule has 0 unspecified atom stereocenters. The van der Waals surface area contributed by atoms with Gasteiger partial charge in [0.15, 0.2) is 6.10 Å². The lowest BCUT2D eigenvalue weighted by Crippen LogP contribution is -2.38. The van der Waals surface area contributed by atoms with Crippen LogP contribution in [-0.4, -0.2) is 17.9 Å². The van der Waals surface area contributed by atoms with Crippen LogP contribution in [0.25, 0.3) is 0 Å². The van der Waals surface area contributed by atoms with E-state index in [-0.39, 0.29) is 5.69 Å². The van der Waals surface area contributed by atoms with Gasteiger partial charge >= 0.3 is 0 Å². The molecule has 3 atom stereocenters. The number of amides is 2. The van der Waals surface area contributed by atoms with E-state index in [0.29, 0.717) is 0 Å². The zero-order chi connectivity index (χ0) is 20.8. The van der Waals surface area contributed by atoms with Crippen LogP contribution in [0.1, 0.15) is 17.2 Å². The van der Waals surface area contributed by atoms with Crippen LogP contribution >= 0.6 is 0 Å². The highest BCUT2D eigenvalue weighted by molar-refractivity contribution is 6.24. The molecule has 2 aliphatic rings. The molecule has 0 radical (unpaired) electrons. The maximum absolute atomic E-state index is 14.4. The van der Waals surface area contributed by atoms with Crippen LogP contribution in [0.4, 0.5) is 15.8 Å². The number of rotatable bonds is 3. The summed E-state index contributed by atoms with van der Waals surface area (Å²) in [4.78, 5) is 33.6. The standard InChI is InChI=1S/C24H19FN2O3/c1-15-9-5-6-12-17(15)21-20-22(30-27(21)16-10-3-2-4-11-16)24(29)26(23(20)28)19-14-8-7-13-18(19)25/h2-14,20-22H,1H3/t20-,21-,22-/m1/s1. The quantitative estimate of drug-likeness (QED) is 0.617. The molecule has 2 heterocycles. The molecule has 0 spiro atoms. The van der Waals surface area contributed by atoms with Gasteiger partial charge in [-0.3, -0.25) is 14.4 Å². The Kier molecular flexibility index (Phi) is 4.37. The van der Waals surface area contributed by atoms with Gasteiger partial charge in [-0.25, -0.2) is 14.4 Å². The molecule has 2 aliphatic heterocycles. The summed E-state index contributed by atoms with van der Waals surface area (Å²) >= 11 is 0. The van der Waals surface area contributed by atoms with Crippen molar-refractivity contribution in [1.29, 1.82) is 0 Å². The molecule has 0 aliphatic carbocycles. The number of hydrogen-bond donors (Lipinski definition) is 0. The van der Waals surface area contributed by atoms with E-state index < -0.39 is 35.7 Å². The number of nitrogens with zero attached hydrogens (tertiary/aromatic N) is 2. The molecular weight excluding hydrogens is 383 g/mol. The van der Waals surface area contributed by atoms with Crippen LogP contribution in [0.5, 0.6) is 0 Å². The highest BCUT2D eigenvalue weighted by Crippen LogP contribution is 2.48. The second kappa shape index (κ2) is 7.07. The van der Waals surface area contributed by atoms with Gasteiger partial charge in [-0.2, -0.15) is 0 Å². The van der Waals surface area contributed by atoms with E-state index in [1.54, 1.807) is 11.1 Å². The van der Waals surface area contributed by atoms with Crippen LogP contribution in [0.2, 0.25) is 0 Å². The Morgan fingerprint density at radius 1 is 0.833 bits per heavy atom. The number of hydrogen-bond acceptors (Lipinski definition) is 4. The number of fused-ring (bicyclic) bond motifs is 1. The largest absolute Gasteiger partial charge is 0.273 e. The summed E-state index contributed by atoms with van der Waals surface area (Å²) in [6, 6.07) is 22.4. The molecule has 5 nitrogen and oxygen atoms in total. The molecule has 30 heavy (non-hydrogen) atoms. The number of para-hydroxylation sites is 2. The van der Waals surface area contributed by atoms with Gasteiger partial charge in [0.2, 0.25) is 5.91 Å². The fourth-order valence-electron chi connectivity index (χ4n) is 4.32. The first-order valence-corrected chi connectivity index (χ1v) is 9.77. The summed E-state index contributed by atoms with van der Waals surface area (Å²) in [7, 11) is 0. The lowest BCUT2D eigenvalue weighted by atomic mass is 9.88. The van der Waals surface area contributed by atoms with Gasteiger partial charge in [-0.1, -0.05) is 54.6 Å². The number of benzene rings is 3. The SMILES string of the molecule is Cc1ccccc1[C@@H]1[C@H]2C(=O)N(c3ccccc3F)C(=O)[C@@H]2ON1c1ccccc1. The topological polar surface area (TPSA) is 49.9 Å². The number of halogens is 1. The van der Waals surface area contributed by atoms with Crippen molar-refractivity contribution in [3.05, 3.63) is 95.8 Å². The fraction of sp³-hybridized carbons (Fsp3) is 0.167. The molecule has 5 rings (SSSR count). The van der Waals surface area contributed by atoms with E-state index in [1.807, 2.05) is 61.5 Å². The maximum atomic E-state index is 14.4. The highest BCUT2D eigenvalue weighted by Gasteiger charge is 2.60. The van der Waals surface area contributed by atoms with Crippen molar-refractivity contribution in [1.82, 2.24) is 0 Å². The zero-order valence-electron chi connectivity index (χ0n) is 16.2. The second-order valence-electron chi connectivity index (χ2n) is 7.48. The van der Waals surface area contributed by atoms with Gasteiger partial charge in [-0.05, 0) is 42.3 Å². The Labute approximate surface area is 173 Å². The predicted octanol–water partition coefficient (Wildman–Crippen LogP) is 4.19. The predicted molar refractivity (Wildman–Crippen MR) is 110 cm³/mol. The van der Waals surface area contributed by atoms with Gasteiger partial charge in [0, 0.05) is 0 Å². The number of carbonyl (C=O) groups is 2. The van der Waals surface area contributed by atoms with Crippen molar-refractivity contribution < 1.29 is 18.8 Å². The summed E-state index contributed by atoms with van der Waals surface area (Å²) in [5.41, 5.74) is 2.58. The van der Waals surface area contributed by atoms with Crippen molar-refractivity contribution in [3.63, 3.8) is 0 Å². The van der Waals surface area contributed by atoms with E-state index in [4.69, 9.17) is 4.84 Å². The van der Waals surface area contributed by atoms with E-state index in [2.05, 4.69) is 0 Å². The fourth-order valence-corrected chi connectivity index (χ4v) is 4.32. The first kappa shape index (κ1) is 18.5. The highest BCUT2D eigenvalue weighted by atomic mass is 19.1. The first-order chi connectivity index (χ1) is 14.6. The number of imide groups is 1. The lowest BCUT2D eigenvalue weighted by Gasteiger charge is -2.29. The van der Waals surface area contributed by atoms with E-state index >= 15 is 0 Å². The monoisotopic (exact) mass is 402 g/mol. The third kappa shape index (κ3) is 2.72. The third-order valence-electron chi connectivity index (χ3n) is 5.73. The van der Waals surface area contributed by atoms with Gasteiger partial charge < -0.3 is 0 Å². The van der Waals surface area contributed by atoms with Crippen LogP contribution in [0, 0.1) is 18.7 Å². The van der Waals surface area contributed by atoms with E-state index in [9.17, 15) is 14.0 Å². The summed E-state index contributed by atoms with van der Waals surface area (Å²) in [5.74, 6) is -2.40. The summed E-state index contributed by atoms with van der Waals surface area (Å²) in [5, 5.41) is 1.64. The average Bonchev–Trinajstić information content (AvgIpc) is 3.26. The van der Waals surface area contributed by atoms with Crippen molar-refractivity contribution in [2.24, 2.45) is 5.92 Å². The van der Waals surface area contributed by atoms with Crippen LogP contribution in [0.3, 0.4) is 0 Å². The number of anilines is 2. The lowest BCUT2D eigenvalue weighted by molar-refractivity contribution is -0.126. The Morgan fingerprint density at radius 3 is 2.23 bits per heavy atom. The zero-order valence-corrected chi connectivity index (χ0v) is 16.2. The first-order valence-electron chi connectivity index (χ1n) is 9.77. The number of carbonyl (C=O) groups excluding carboxylic acids is 2. The Hall–Kier alpha value is -3.51. The van der Waals surface area contributed by atoms with Gasteiger partial charge in [0.1, 0.15) is 11.7 Å². The molecule has 150 valence electrons. The van der Waals surface area contributed by atoms with Crippen molar-refractivity contribution >= 4 is 23.2 Å². The molecule has 2 fully saturated rings. The van der Waals surface area contributed by atoms with E-state index in [1.165, 1.54) is 18.2 Å². The molecule has 3 aromatic rings. The minimum absolute atomic E-state index is 0.0414. The minimum atomic E-state index is -1.01. The second-order valence-corrected chi connectivity index (χ2v) is 7.48. The summed E-state index contributed by atoms with van der Waals surface area (Å²) in [6.07, 6.45) is -1.01. The van der Waals surface area contributed by atoms with Crippen LogP contribution in [0.15, 0.2) is 78.9 Å². The Morgan fingerprint density at radius 2 is 1.50 bits per heavy atom. The van der Waals surface area contributed by atoms with Gasteiger partial charge in [0.05, 0.1) is 17.4 Å². The average molecular weight is 402 g/mol. The van der Waals surface area contributed by atoms with Crippen molar-refractivity contribution in [2.45, 2.75) is 19.1 Å². The summed E-state index contributed by atoms with van der Waals surface area (Å²) in [6.45, 7) is 1.96. The van der Waals surface area contributed by atoms with Gasteiger partial charge in [0.25, 0.3) is 5.91 Å². The van der Waals surface area contributed by atoms with Crippen LogP contribution in [-0.2, 0) is 14.4 Å². The van der Waals surface area contributed by atoms with Gasteiger partial charge in [-0.15, -0.1) is 0 Å². The molecule has 2 saturated heterocycles. The molecule has 2 amide bonds. The van der Waals surface area contributed by atoms with E-state index in [0.717, 1.165) is 21.7 Å². The Balaban J connectivity index is 1.62. The summed E-state index contributed by atoms with van der Waals surface area (Å²) < 4.78 is 14.4. The molecule has 0 bridgehead atoms. The number of hydroxylamine groups is 1. The van der Waals surface area contributed by atoms with Crippen LogP contribution < -0.4 is 9.96 Å². The number of aryl methyl sites for hydroxylation is 1. The molecule has 0 N–H and O–H groups in total. The smallest absolute Gasteiger partial charge is 0.266 e. The van der Waals surface area contributed by atoms with Crippen molar-refractivity contribution in [3.8, 4) is 0 Å². The maximum Gasteiger partial charge on any atom is 0.266 e. The molecular formula is C24H19FN2O3. The Bertz CT molecular complexity index is 1130. The molecule has 0 saturated carbocycles. The normalized spacial score (nSPS) is 23.2. The third-order valence-corrected chi connectivity index (χ3v) is 5.73. The minimum Gasteiger partial charge on any atom is -0.273 e. The molecule has 6 heteroatoms. The molecule has 3 aromatic carbocycles.